The number of nitrogens with one attached hydrogen (secondary N) is 2. The first-order chi connectivity index (χ1) is 16.1. The number of morpholine rings is 1. The van der Waals surface area contributed by atoms with E-state index in [9.17, 15) is 4.79 Å². The summed E-state index contributed by atoms with van der Waals surface area (Å²) < 4.78 is 5.62. The molecular weight excluding hydrogens is 412 g/mol. The molecule has 2 N–H and O–H groups in total. The third-order valence-corrected chi connectivity index (χ3v) is 6.26. The van der Waals surface area contributed by atoms with Gasteiger partial charge in [0.2, 0.25) is 0 Å². The fourth-order valence-electron chi connectivity index (χ4n) is 4.58. The topological polar surface area (TPSA) is 70.2 Å². The Balaban J connectivity index is 1.54. The van der Waals surface area contributed by atoms with E-state index in [-0.39, 0.29) is 11.9 Å². The van der Waals surface area contributed by atoms with E-state index in [0.29, 0.717) is 18.8 Å². The molecule has 3 heterocycles. The van der Waals surface area contributed by atoms with E-state index in [4.69, 9.17) is 9.72 Å². The molecule has 2 aromatic heterocycles. The maximum atomic E-state index is 12.8. The molecule has 1 atom stereocenters. The number of carbonyl (C=O) groups excluding carboxylic acids is 1. The molecule has 6 nitrogen and oxygen atoms in total. The molecule has 2 aromatic carbocycles. The van der Waals surface area contributed by atoms with Gasteiger partial charge in [-0.2, -0.15) is 0 Å². The molecule has 0 radical (unpaired) electrons. The van der Waals surface area contributed by atoms with Gasteiger partial charge < -0.3 is 15.0 Å². The number of hydrogen-bond acceptors (Lipinski definition) is 4. The lowest BCUT2D eigenvalue weighted by atomic mass is 9.97. The number of aryl methyl sites for hydroxylation is 2. The van der Waals surface area contributed by atoms with Crippen LogP contribution in [0.1, 0.15) is 38.9 Å². The lowest BCUT2D eigenvalue weighted by molar-refractivity contribution is 0.0234. The van der Waals surface area contributed by atoms with Gasteiger partial charge in [0.1, 0.15) is 0 Å². The van der Waals surface area contributed by atoms with E-state index in [1.54, 1.807) is 0 Å². The highest BCUT2D eigenvalue weighted by atomic mass is 16.5. The summed E-state index contributed by atoms with van der Waals surface area (Å²) in [5.41, 5.74) is 6.90. The van der Waals surface area contributed by atoms with E-state index < -0.39 is 0 Å². The molecule has 0 saturated carbocycles. The van der Waals surface area contributed by atoms with Crippen LogP contribution in [-0.4, -0.2) is 47.1 Å². The van der Waals surface area contributed by atoms with Crippen molar-refractivity contribution in [3.8, 4) is 0 Å². The van der Waals surface area contributed by atoms with Crippen LogP contribution in [0.4, 0.5) is 5.69 Å². The zero-order valence-electron chi connectivity index (χ0n) is 19.0. The second-order valence-corrected chi connectivity index (χ2v) is 8.55. The molecule has 0 spiro atoms. The van der Waals surface area contributed by atoms with Crippen molar-refractivity contribution in [1.82, 2.24) is 14.9 Å². The van der Waals surface area contributed by atoms with Crippen molar-refractivity contribution in [2.45, 2.75) is 19.9 Å². The molecular formula is C27H28N4O2. The van der Waals surface area contributed by atoms with Gasteiger partial charge in [0.15, 0.2) is 0 Å². The normalized spacial score (nSPS) is 15.5. The Morgan fingerprint density at radius 1 is 1.06 bits per heavy atom. The zero-order chi connectivity index (χ0) is 22.8. The minimum Gasteiger partial charge on any atom is -0.379 e. The summed E-state index contributed by atoms with van der Waals surface area (Å²) in [6.45, 7) is 7.23. The van der Waals surface area contributed by atoms with Gasteiger partial charge in [-0.05, 0) is 56.3 Å². The Hall–Kier alpha value is -3.48. The molecule has 0 aliphatic carbocycles. The van der Waals surface area contributed by atoms with Crippen LogP contribution in [0.2, 0.25) is 0 Å². The van der Waals surface area contributed by atoms with Crippen molar-refractivity contribution < 1.29 is 9.53 Å². The number of aromatic amines is 1. The molecule has 1 aliphatic rings. The van der Waals surface area contributed by atoms with Crippen molar-refractivity contribution in [3.05, 3.63) is 94.9 Å². The summed E-state index contributed by atoms with van der Waals surface area (Å²) in [4.78, 5) is 23.5. The van der Waals surface area contributed by atoms with Crippen LogP contribution in [-0.2, 0) is 4.74 Å². The zero-order valence-corrected chi connectivity index (χ0v) is 19.0. The fraction of sp³-hybridized carbons (Fsp3) is 0.259. The molecule has 1 fully saturated rings. The van der Waals surface area contributed by atoms with Crippen LogP contribution in [0.5, 0.6) is 0 Å². The Kier molecular flexibility index (Phi) is 5.94. The predicted octanol–water partition coefficient (Wildman–Crippen LogP) is 4.85. The number of ether oxygens (including phenoxy) is 1. The van der Waals surface area contributed by atoms with Gasteiger partial charge in [-0.3, -0.25) is 14.7 Å². The number of nitrogens with zero attached hydrogens (tertiary/aromatic N) is 2. The molecule has 1 amide bonds. The van der Waals surface area contributed by atoms with Gasteiger partial charge in [0.25, 0.3) is 5.91 Å². The third kappa shape index (κ3) is 4.40. The molecule has 168 valence electrons. The molecule has 5 rings (SSSR count). The summed E-state index contributed by atoms with van der Waals surface area (Å²) in [6.07, 6.45) is 1.85. The van der Waals surface area contributed by atoms with Crippen LogP contribution in [0.3, 0.4) is 0 Å². The molecule has 1 saturated heterocycles. The number of carbonyl (C=O) groups is 1. The standard InChI is InChI=1S/C27H28N4O2/c1-18-6-8-20(9-7-18)27(32)30-21-10-11-23-22(17-21)25(19(2)29-23)26(24-5-3-4-12-28-24)31-13-15-33-16-14-31/h3-12,17,26,29H,13-16H2,1-2H3,(H,30,32)/t26-/m1/s1. The number of anilines is 1. The van der Waals surface area contributed by atoms with Crippen LogP contribution < -0.4 is 5.32 Å². The average molecular weight is 441 g/mol. The predicted molar refractivity (Wildman–Crippen MR) is 131 cm³/mol. The van der Waals surface area contributed by atoms with Gasteiger partial charge in [-0.25, -0.2) is 0 Å². The van der Waals surface area contributed by atoms with Gasteiger partial charge in [-0.15, -0.1) is 0 Å². The summed E-state index contributed by atoms with van der Waals surface area (Å²) in [5, 5.41) is 4.16. The van der Waals surface area contributed by atoms with Crippen LogP contribution in [0.15, 0.2) is 66.9 Å². The Labute approximate surface area is 193 Å². The monoisotopic (exact) mass is 440 g/mol. The number of amides is 1. The second kappa shape index (κ2) is 9.17. The van der Waals surface area contributed by atoms with Crippen molar-refractivity contribution in [1.29, 1.82) is 0 Å². The average Bonchev–Trinajstić information content (AvgIpc) is 3.16. The molecule has 0 bridgehead atoms. The van der Waals surface area contributed by atoms with E-state index >= 15 is 0 Å². The van der Waals surface area contributed by atoms with E-state index in [2.05, 4.69) is 34.3 Å². The van der Waals surface area contributed by atoms with Crippen molar-refractivity contribution in [3.63, 3.8) is 0 Å². The van der Waals surface area contributed by atoms with E-state index in [0.717, 1.165) is 46.6 Å². The Morgan fingerprint density at radius 3 is 2.58 bits per heavy atom. The van der Waals surface area contributed by atoms with Crippen molar-refractivity contribution in [2.24, 2.45) is 0 Å². The fourth-order valence-corrected chi connectivity index (χ4v) is 4.58. The first kappa shape index (κ1) is 21.4. The number of H-pyrrole nitrogens is 1. The maximum Gasteiger partial charge on any atom is 0.255 e. The van der Waals surface area contributed by atoms with Crippen molar-refractivity contribution in [2.75, 3.05) is 31.6 Å². The van der Waals surface area contributed by atoms with E-state index in [1.807, 2.05) is 61.7 Å². The van der Waals surface area contributed by atoms with Crippen LogP contribution >= 0.6 is 0 Å². The number of pyridine rings is 1. The largest absolute Gasteiger partial charge is 0.379 e. The summed E-state index contributed by atoms with van der Waals surface area (Å²) in [7, 11) is 0. The molecule has 0 unspecified atom stereocenters. The molecule has 4 aromatic rings. The number of hydrogen-bond donors (Lipinski definition) is 2. The lowest BCUT2D eigenvalue weighted by Gasteiger charge is -2.34. The van der Waals surface area contributed by atoms with Gasteiger partial charge >= 0.3 is 0 Å². The first-order valence-corrected chi connectivity index (χ1v) is 11.3. The summed E-state index contributed by atoms with van der Waals surface area (Å²) in [6, 6.07) is 19.7. The summed E-state index contributed by atoms with van der Waals surface area (Å²) in [5.74, 6) is -0.113. The highest BCUT2D eigenvalue weighted by molar-refractivity contribution is 6.05. The molecule has 6 heteroatoms. The quantitative estimate of drug-likeness (QED) is 0.465. The highest BCUT2D eigenvalue weighted by Crippen LogP contribution is 2.37. The van der Waals surface area contributed by atoms with E-state index in [1.165, 1.54) is 5.56 Å². The SMILES string of the molecule is Cc1ccc(C(=O)Nc2ccc3[nH]c(C)c([C@@H](c4ccccn4)N4CCOCC4)c3c2)cc1. The first-order valence-electron chi connectivity index (χ1n) is 11.3. The number of benzene rings is 2. The minimum atomic E-state index is -0.113. The number of fused-ring (bicyclic) bond motifs is 1. The van der Waals surface area contributed by atoms with Crippen LogP contribution in [0.25, 0.3) is 10.9 Å². The smallest absolute Gasteiger partial charge is 0.255 e. The number of rotatable bonds is 5. The third-order valence-electron chi connectivity index (χ3n) is 6.26. The maximum absolute atomic E-state index is 12.8. The minimum absolute atomic E-state index is 0.00639. The Morgan fingerprint density at radius 2 is 1.85 bits per heavy atom. The molecule has 1 aliphatic heterocycles. The van der Waals surface area contributed by atoms with Gasteiger partial charge in [0, 0.05) is 52.7 Å². The van der Waals surface area contributed by atoms with Crippen LogP contribution in [0, 0.1) is 13.8 Å². The van der Waals surface area contributed by atoms with Crippen molar-refractivity contribution >= 4 is 22.5 Å². The lowest BCUT2D eigenvalue weighted by Crippen LogP contribution is -2.40. The van der Waals surface area contributed by atoms with Gasteiger partial charge in [0.05, 0.1) is 24.9 Å². The summed E-state index contributed by atoms with van der Waals surface area (Å²) >= 11 is 0. The molecule has 33 heavy (non-hydrogen) atoms. The highest BCUT2D eigenvalue weighted by Gasteiger charge is 2.29. The van der Waals surface area contributed by atoms with Gasteiger partial charge in [-0.1, -0.05) is 23.8 Å². The number of aromatic nitrogens is 2. The second-order valence-electron chi connectivity index (χ2n) is 8.55. The Bertz CT molecular complexity index is 1260.